The molecule has 0 saturated carbocycles. The van der Waals surface area contributed by atoms with Crippen LogP contribution in [0.1, 0.15) is 39.5 Å². The molecule has 0 aliphatic rings. The van der Waals surface area contributed by atoms with Crippen molar-refractivity contribution in [2.24, 2.45) is 11.7 Å². The third-order valence-corrected chi connectivity index (χ3v) is 4.69. The molecule has 0 heterocycles. The molecule has 3 amide bonds. The molecular formula is C18H32N4O7S. The summed E-state index contributed by atoms with van der Waals surface area (Å²) in [6.45, 7) is 3.26. The van der Waals surface area contributed by atoms with Gasteiger partial charge in [-0.15, -0.1) is 0 Å². The average Bonchev–Trinajstić information content (AvgIpc) is 2.66. The SMILES string of the molecule is CSCCC(NC(=O)C(CCC(=O)O)NC(=O)CN)C(=O)NC(CC(C)C)C(=O)O. The van der Waals surface area contributed by atoms with Crippen molar-refractivity contribution < 1.29 is 34.2 Å². The topological polar surface area (TPSA) is 188 Å². The van der Waals surface area contributed by atoms with E-state index in [0.29, 0.717) is 5.75 Å². The smallest absolute Gasteiger partial charge is 0.326 e. The first kappa shape index (κ1) is 27.7. The highest BCUT2D eigenvalue weighted by molar-refractivity contribution is 7.98. The summed E-state index contributed by atoms with van der Waals surface area (Å²) in [7, 11) is 0. The summed E-state index contributed by atoms with van der Waals surface area (Å²) in [5, 5.41) is 25.5. The number of nitrogens with two attached hydrogens (primary N) is 1. The van der Waals surface area contributed by atoms with E-state index >= 15 is 0 Å². The van der Waals surface area contributed by atoms with Gasteiger partial charge in [-0.3, -0.25) is 19.2 Å². The Morgan fingerprint density at radius 3 is 1.87 bits per heavy atom. The van der Waals surface area contributed by atoms with E-state index in [2.05, 4.69) is 16.0 Å². The number of aliphatic carboxylic acids is 2. The van der Waals surface area contributed by atoms with E-state index in [4.69, 9.17) is 10.8 Å². The largest absolute Gasteiger partial charge is 0.481 e. The van der Waals surface area contributed by atoms with Gasteiger partial charge in [0, 0.05) is 6.42 Å². The summed E-state index contributed by atoms with van der Waals surface area (Å²) in [6, 6.07) is -3.33. The number of carboxylic acid groups (broad SMARTS) is 2. The van der Waals surface area contributed by atoms with Crippen LogP contribution in [0.5, 0.6) is 0 Å². The highest BCUT2D eigenvalue weighted by atomic mass is 32.2. The zero-order valence-electron chi connectivity index (χ0n) is 17.5. The van der Waals surface area contributed by atoms with Crippen molar-refractivity contribution in [2.45, 2.75) is 57.7 Å². The van der Waals surface area contributed by atoms with E-state index in [1.807, 2.05) is 20.1 Å². The normalized spacial score (nSPS) is 13.8. The second-order valence-corrected chi connectivity index (χ2v) is 8.11. The number of rotatable bonds is 15. The second-order valence-electron chi connectivity index (χ2n) is 7.13. The Hall–Kier alpha value is -2.34. The van der Waals surface area contributed by atoms with E-state index in [1.165, 1.54) is 11.8 Å². The van der Waals surface area contributed by atoms with Crippen molar-refractivity contribution >= 4 is 41.4 Å². The van der Waals surface area contributed by atoms with Crippen LogP contribution < -0.4 is 21.7 Å². The molecule has 0 aromatic carbocycles. The Morgan fingerprint density at radius 1 is 0.900 bits per heavy atom. The summed E-state index contributed by atoms with van der Waals surface area (Å²) in [4.78, 5) is 59.1. The minimum Gasteiger partial charge on any atom is -0.481 e. The van der Waals surface area contributed by atoms with E-state index in [0.717, 1.165) is 0 Å². The first-order valence-electron chi connectivity index (χ1n) is 9.55. The number of carbonyl (C=O) groups excluding carboxylic acids is 3. The number of hydrogen-bond donors (Lipinski definition) is 6. The van der Waals surface area contributed by atoms with Crippen LogP contribution in [0, 0.1) is 5.92 Å². The molecule has 0 spiro atoms. The van der Waals surface area contributed by atoms with Gasteiger partial charge in [0.1, 0.15) is 18.1 Å². The predicted molar refractivity (Wildman–Crippen MR) is 112 cm³/mol. The lowest BCUT2D eigenvalue weighted by Crippen LogP contribution is -2.56. The lowest BCUT2D eigenvalue weighted by atomic mass is 10.0. The van der Waals surface area contributed by atoms with Gasteiger partial charge in [-0.2, -0.15) is 11.8 Å². The summed E-state index contributed by atoms with van der Waals surface area (Å²) < 4.78 is 0. The molecule has 0 saturated heterocycles. The van der Waals surface area contributed by atoms with Crippen molar-refractivity contribution in [3.05, 3.63) is 0 Å². The van der Waals surface area contributed by atoms with Gasteiger partial charge in [-0.05, 0) is 37.2 Å². The standard InChI is InChI=1S/C18H32N4O7S/c1-10(2)8-13(18(28)29)22-17(27)12(6-7-30-3)21-16(26)11(4-5-15(24)25)20-14(23)9-19/h10-13H,4-9,19H2,1-3H3,(H,20,23)(H,21,26)(H,22,27)(H,24,25)(H,28,29). The Bertz CT molecular complexity index is 615. The van der Waals surface area contributed by atoms with Crippen LogP contribution in [0.4, 0.5) is 0 Å². The fourth-order valence-electron chi connectivity index (χ4n) is 2.53. The molecule has 0 aromatic rings. The molecule has 172 valence electrons. The third kappa shape index (κ3) is 11.6. The second kappa shape index (κ2) is 14.6. The molecule has 0 aliphatic heterocycles. The van der Waals surface area contributed by atoms with E-state index in [9.17, 15) is 29.1 Å². The summed E-state index contributed by atoms with van der Waals surface area (Å²) in [6.07, 6.45) is 1.70. The lowest BCUT2D eigenvalue weighted by Gasteiger charge is -2.24. The molecule has 12 heteroatoms. The Balaban J connectivity index is 5.33. The molecule has 3 unspecified atom stereocenters. The molecule has 0 fully saturated rings. The van der Waals surface area contributed by atoms with E-state index < -0.39 is 47.8 Å². The average molecular weight is 449 g/mol. The van der Waals surface area contributed by atoms with Gasteiger partial charge in [0.15, 0.2) is 0 Å². The van der Waals surface area contributed by atoms with Gasteiger partial charge >= 0.3 is 11.9 Å². The van der Waals surface area contributed by atoms with Crippen molar-refractivity contribution in [3.63, 3.8) is 0 Å². The lowest BCUT2D eigenvalue weighted by molar-refractivity contribution is -0.142. The number of hydrogen-bond acceptors (Lipinski definition) is 7. The maximum Gasteiger partial charge on any atom is 0.326 e. The van der Waals surface area contributed by atoms with E-state index in [1.54, 1.807) is 0 Å². The number of carboxylic acids is 2. The molecule has 30 heavy (non-hydrogen) atoms. The molecule has 7 N–H and O–H groups in total. The van der Waals surface area contributed by atoms with Gasteiger partial charge in [0.2, 0.25) is 17.7 Å². The molecule has 0 radical (unpaired) electrons. The first-order chi connectivity index (χ1) is 14.0. The highest BCUT2D eigenvalue weighted by Gasteiger charge is 2.29. The minimum absolute atomic E-state index is 0.0255. The third-order valence-electron chi connectivity index (χ3n) is 4.05. The zero-order chi connectivity index (χ0) is 23.3. The quantitative estimate of drug-likeness (QED) is 0.185. The number of carbonyl (C=O) groups is 5. The van der Waals surface area contributed by atoms with Crippen LogP contribution in [0.2, 0.25) is 0 Å². The molecule has 11 nitrogen and oxygen atoms in total. The summed E-state index contributed by atoms with van der Waals surface area (Å²) in [5.41, 5.74) is 5.23. The predicted octanol–water partition coefficient (Wildman–Crippen LogP) is -0.852. The Labute approximate surface area is 179 Å². The summed E-state index contributed by atoms with van der Waals surface area (Å²) in [5.74, 6) is -3.84. The maximum atomic E-state index is 12.6. The first-order valence-corrected chi connectivity index (χ1v) is 10.9. The van der Waals surface area contributed by atoms with Gasteiger partial charge < -0.3 is 31.9 Å². The molecule has 0 bridgehead atoms. The molecule has 0 aromatic heterocycles. The van der Waals surface area contributed by atoms with Gasteiger partial charge in [-0.1, -0.05) is 13.8 Å². The molecule has 0 rings (SSSR count). The monoisotopic (exact) mass is 448 g/mol. The van der Waals surface area contributed by atoms with Crippen LogP contribution in [0.25, 0.3) is 0 Å². The van der Waals surface area contributed by atoms with Crippen molar-refractivity contribution in [3.8, 4) is 0 Å². The van der Waals surface area contributed by atoms with Crippen LogP contribution in [0.15, 0.2) is 0 Å². The fraction of sp³-hybridized carbons (Fsp3) is 0.722. The number of amides is 3. The van der Waals surface area contributed by atoms with Gasteiger partial charge in [0.05, 0.1) is 6.54 Å². The van der Waals surface area contributed by atoms with Gasteiger partial charge in [-0.25, -0.2) is 4.79 Å². The van der Waals surface area contributed by atoms with Gasteiger partial charge in [0.25, 0.3) is 0 Å². The van der Waals surface area contributed by atoms with Crippen LogP contribution >= 0.6 is 11.8 Å². The molecule has 0 aliphatic carbocycles. The molecular weight excluding hydrogens is 416 g/mol. The van der Waals surface area contributed by atoms with Crippen molar-refractivity contribution in [2.75, 3.05) is 18.6 Å². The van der Waals surface area contributed by atoms with E-state index in [-0.39, 0.29) is 38.1 Å². The van der Waals surface area contributed by atoms with Crippen molar-refractivity contribution in [1.82, 2.24) is 16.0 Å². The van der Waals surface area contributed by atoms with Crippen LogP contribution in [-0.4, -0.2) is 76.6 Å². The molecule has 3 atom stereocenters. The number of nitrogens with one attached hydrogen (secondary N) is 3. The Morgan fingerprint density at radius 2 is 1.43 bits per heavy atom. The fourth-order valence-corrected chi connectivity index (χ4v) is 3.00. The highest BCUT2D eigenvalue weighted by Crippen LogP contribution is 2.08. The summed E-state index contributed by atoms with van der Waals surface area (Å²) >= 11 is 1.44. The maximum absolute atomic E-state index is 12.6. The van der Waals surface area contributed by atoms with Crippen LogP contribution in [-0.2, 0) is 24.0 Å². The zero-order valence-corrected chi connectivity index (χ0v) is 18.3. The number of thioether (sulfide) groups is 1. The van der Waals surface area contributed by atoms with Crippen molar-refractivity contribution in [1.29, 1.82) is 0 Å². The minimum atomic E-state index is -1.19. The van der Waals surface area contributed by atoms with Crippen LogP contribution in [0.3, 0.4) is 0 Å². The Kier molecular flexibility index (Phi) is 13.5.